The fourth-order valence-corrected chi connectivity index (χ4v) is 2.29. The molecule has 0 aliphatic carbocycles. The second kappa shape index (κ2) is 4.74. The SMILES string of the molecule is CN(CCCN)Cc1cn2ccsc2n1. The predicted molar refractivity (Wildman–Crippen MR) is 63.1 cm³/mol. The highest BCUT2D eigenvalue weighted by Crippen LogP contribution is 2.12. The Bertz CT molecular complexity index is 391. The molecule has 0 saturated carbocycles. The van der Waals surface area contributed by atoms with Crippen LogP contribution in [0, 0.1) is 0 Å². The summed E-state index contributed by atoms with van der Waals surface area (Å²) in [5, 5.41) is 2.05. The maximum absolute atomic E-state index is 5.47. The maximum Gasteiger partial charge on any atom is 0.193 e. The molecular formula is C10H16N4S. The Morgan fingerprint density at radius 3 is 3.20 bits per heavy atom. The summed E-state index contributed by atoms with van der Waals surface area (Å²) in [6, 6.07) is 0. The lowest BCUT2D eigenvalue weighted by Crippen LogP contribution is -2.21. The number of rotatable bonds is 5. The van der Waals surface area contributed by atoms with E-state index in [1.54, 1.807) is 11.3 Å². The number of nitrogens with two attached hydrogens (primary N) is 1. The van der Waals surface area contributed by atoms with Crippen LogP contribution in [0.1, 0.15) is 12.1 Å². The molecule has 2 aromatic heterocycles. The first-order chi connectivity index (χ1) is 7.29. The quantitative estimate of drug-likeness (QED) is 0.829. The zero-order chi connectivity index (χ0) is 10.7. The molecular weight excluding hydrogens is 208 g/mol. The molecule has 2 rings (SSSR count). The molecule has 0 atom stereocenters. The van der Waals surface area contributed by atoms with Gasteiger partial charge in [0.15, 0.2) is 4.96 Å². The van der Waals surface area contributed by atoms with Crippen LogP contribution in [-0.2, 0) is 6.54 Å². The highest BCUT2D eigenvalue weighted by molar-refractivity contribution is 7.15. The average Bonchev–Trinajstić information content (AvgIpc) is 2.74. The fraction of sp³-hybridized carbons (Fsp3) is 0.500. The summed E-state index contributed by atoms with van der Waals surface area (Å²) in [4.78, 5) is 7.85. The van der Waals surface area contributed by atoms with Gasteiger partial charge in [-0.15, -0.1) is 11.3 Å². The Balaban J connectivity index is 1.96. The normalized spacial score (nSPS) is 11.7. The summed E-state index contributed by atoms with van der Waals surface area (Å²) in [6.45, 7) is 2.68. The first kappa shape index (κ1) is 10.6. The summed E-state index contributed by atoms with van der Waals surface area (Å²) in [7, 11) is 2.10. The number of aromatic nitrogens is 2. The van der Waals surface area contributed by atoms with Gasteiger partial charge in [-0.3, -0.25) is 4.40 Å². The molecule has 5 heteroatoms. The molecule has 2 heterocycles. The van der Waals surface area contributed by atoms with E-state index in [4.69, 9.17) is 5.73 Å². The van der Waals surface area contributed by atoms with Crippen molar-refractivity contribution in [1.82, 2.24) is 14.3 Å². The molecule has 0 bridgehead atoms. The molecule has 82 valence electrons. The van der Waals surface area contributed by atoms with Crippen LogP contribution in [0.5, 0.6) is 0 Å². The molecule has 0 aliphatic rings. The van der Waals surface area contributed by atoms with Gasteiger partial charge in [0, 0.05) is 24.3 Å². The van der Waals surface area contributed by atoms with Gasteiger partial charge in [0.05, 0.1) is 5.69 Å². The molecule has 2 N–H and O–H groups in total. The van der Waals surface area contributed by atoms with Crippen molar-refractivity contribution in [2.75, 3.05) is 20.1 Å². The smallest absolute Gasteiger partial charge is 0.193 e. The monoisotopic (exact) mass is 224 g/mol. The van der Waals surface area contributed by atoms with Gasteiger partial charge >= 0.3 is 0 Å². The van der Waals surface area contributed by atoms with Crippen molar-refractivity contribution in [1.29, 1.82) is 0 Å². The molecule has 0 aromatic carbocycles. The van der Waals surface area contributed by atoms with E-state index in [0.717, 1.165) is 36.7 Å². The molecule has 0 amide bonds. The van der Waals surface area contributed by atoms with Gasteiger partial charge < -0.3 is 10.6 Å². The highest BCUT2D eigenvalue weighted by atomic mass is 32.1. The molecule has 0 unspecified atom stereocenters. The predicted octanol–water partition coefficient (Wildman–Crippen LogP) is 1.18. The van der Waals surface area contributed by atoms with Gasteiger partial charge in [-0.05, 0) is 26.6 Å². The van der Waals surface area contributed by atoms with E-state index in [-0.39, 0.29) is 0 Å². The number of nitrogens with zero attached hydrogens (tertiary/aromatic N) is 3. The van der Waals surface area contributed by atoms with Gasteiger partial charge in [-0.25, -0.2) is 4.98 Å². The highest BCUT2D eigenvalue weighted by Gasteiger charge is 2.05. The van der Waals surface area contributed by atoms with Crippen molar-refractivity contribution in [3.63, 3.8) is 0 Å². The number of thiazole rings is 1. The van der Waals surface area contributed by atoms with E-state index in [0.29, 0.717) is 0 Å². The lowest BCUT2D eigenvalue weighted by Gasteiger charge is -2.13. The van der Waals surface area contributed by atoms with E-state index in [2.05, 4.69) is 27.5 Å². The zero-order valence-electron chi connectivity index (χ0n) is 8.89. The minimum absolute atomic E-state index is 0.753. The van der Waals surface area contributed by atoms with Crippen molar-refractivity contribution < 1.29 is 0 Å². The first-order valence-corrected chi connectivity index (χ1v) is 5.97. The second-order valence-corrected chi connectivity index (χ2v) is 4.58. The van der Waals surface area contributed by atoms with Crippen LogP contribution in [0.15, 0.2) is 17.8 Å². The minimum atomic E-state index is 0.753. The van der Waals surface area contributed by atoms with Crippen LogP contribution in [-0.4, -0.2) is 34.4 Å². The molecule has 0 radical (unpaired) electrons. The number of imidazole rings is 1. The summed E-state index contributed by atoms with van der Waals surface area (Å²) in [5.41, 5.74) is 6.60. The van der Waals surface area contributed by atoms with Gasteiger partial charge in [-0.1, -0.05) is 0 Å². The van der Waals surface area contributed by atoms with Crippen LogP contribution in [0.25, 0.3) is 4.96 Å². The molecule has 0 fully saturated rings. The van der Waals surface area contributed by atoms with E-state index in [1.165, 1.54) is 0 Å². The maximum atomic E-state index is 5.47. The molecule has 0 spiro atoms. The first-order valence-electron chi connectivity index (χ1n) is 5.09. The summed E-state index contributed by atoms with van der Waals surface area (Å²) in [6.07, 6.45) is 5.17. The third-order valence-electron chi connectivity index (χ3n) is 2.32. The van der Waals surface area contributed by atoms with Crippen LogP contribution in [0.3, 0.4) is 0 Å². The standard InChI is InChI=1S/C10H16N4S/c1-13(4-2-3-11)7-9-8-14-5-6-15-10(14)12-9/h5-6,8H,2-4,7,11H2,1H3. The molecule has 2 aromatic rings. The zero-order valence-corrected chi connectivity index (χ0v) is 9.70. The van der Waals surface area contributed by atoms with Crippen molar-refractivity contribution in [3.8, 4) is 0 Å². The van der Waals surface area contributed by atoms with E-state index >= 15 is 0 Å². The van der Waals surface area contributed by atoms with Crippen LogP contribution < -0.4 is 5.73 Å². The lowest BCUT2D eigenvalue weighted by atomic mass is 10.3. The molecule has 15 heavy (non-hydrogen) atoms. The van der Waals surface area contributed by atoms with E-state index < -0.39 is 0 Å². The van der Waals surface area contributed by atoms with Gasteiger partial charge in [0.25, 0.3) is 0 Å². The largest absolute Gasteiger partial charge is 0.330 e. The minimum Gasteiger partial charge on any atom is -0.330 e. The van der Waals surface area contributed by atoms with Crippen molar-refractivity contribution in [2.45, 2.75) is 13.0 Å². The number of hydrogen-bond donors (Lipinski definition) is 1. The summed E-state index contributed by atoms with van der Waals surface area (Å²) in [5.74, 6) is 0. The summed E-state index contributed by atoms with van der Waals surface area (Å²) >= 11 is 1.67. The third-order valence-corrected chi connectivity index (χ3v) is 3.09. The van der Waals surface area contributed by atoms with Crippen LogP contribution >= 0.6 is 11.3 Å². The number of hydrogen-bond acceptors (Lipinski definition) is 4. The van der Waals surface area contributed by atoms with Gasteiger partial charge in [0.2, 0.25) is 0 Å². The topological polar surface area (TPSA) is 46.6 Å². The van der Waals surface area contributed by atoms with Crippen molar-refractivity contribution in [3.05, 3.63) is 23.5 Å². The van der Waals surface area contributed by atoms with Crippen LogP contribution in [0.4, 0.5) is 0 Å². The Kier molecular flexibility index (Phi) is 3.35. The third kappa shape index (κ3) is 2.56. The Morgan fingerprint density at radius 1 is 1.60 bits per heavy atom. The molecule has 0 aliphatic heterocycles. The Morgan fingerprint density at radius 2 is 2.47 bits per heavy atom. The van der Waals surface area contributed by atoms with Crippen LogP contribution in [0.2, 0.25) is 0 Å². The van der Waals surface area contributed by atoms with E-state index in [1.807, 2.05) is 11.6 Å². The number of fused-ring (bicyclic) bond motifs is 1. The average molecular weight is 224 g/mol. The fourth-order valence-electron chi connectivity index (χ4n) is 1.57. The lowest BCUT2D eigenvalue weighted by molar-refractivity contribution is 0.321. The van der Waals surface area contributed by atoms with E-state index in [9.17, 15) is 0 Å². The van der Waals surface area contributed by atoms with Crippen molar-refractivity contribution in [2.24, 2.45) is 5.73 Å². The van der Waals surface area contributed by atoms with Crippen molar-refractivity contribution >= 4 is 16.3 Å². The molecule has 4 nitrogen and oxygen atoms in total. The van der Waals surface area contributed by atoms with Gasteiger partial charge in [-0.2, -0.15) is 0 Å². The van der Waals surface area contributed by atoms with Gasteiger partial charge in [0.1, 0.15) is 0 Å². The Hall–Kier alpha value is -0.910. The summed E-state index contributed by atoms with van der Waals surface area (Å²) < 4.78 is 2.07. The molecule has 0 saturated heterocycles. The Labute approximate surface area is 93.3 Å². The second-order valence-electron chi connectivity index (χ2n) is 3.71.